The monoisotopic (exact) mass is 357 g/mol. The lowest BCUT2D eigenvalue weighted by atomic mass is 10.1. The molecule has 25 heavy (non-hydrogen) atoms. The van der Waals surface area contributed by atoms with Crippen molar-refractivity contribution in [2.24, 2.45) is 0 Å². The Morgan fingerprint density at radius 3 is 2.92 bits per heavy atom. The van der Waals surface area contributed by atoms with Crippen LogP contribution in [0.2, 0.25) is 5.02 Å². The van der Waals surface area contributed by atoms with E-state index in [1.165, 1.54) is 11.1 Å². The highest BCUT2D eigenvalue weighted by Crippen LogP contribution is 2.22. The van der Waals surface area contributed by atoms with Gasteiger partial charge >= 0.3 is 0 Å². The summed E-state index contributed by atoms with van der Waals surface area (Å²) >= 11 is 6.04. The van der Waals surface area contributed by atoms with Gasteiger partial charge in [-0.2, -0.15) is 0 Å². The zero-order valence-electron chi connectivity index (χ0n) is 14.3. The molecule has 5 heteroatoms. The second-order valence-corrected chi connectivity index (χ2v) is 6.92. The van der Waals surface area contributed by atoms with Crippen LogP contribution in [-0.2, 0) is 17.8 Å². The summed E-state index contributed by atoms with van der Waals surface area (Å²) in [5.74, 6) is 0.277. The summed E-state index contributed by atoms with van der Waals surface area (Å²) in [7, 11) is 0. The van der Waals surface area contributed by atoms with Crippen molar-refractivity contribution in [3.05, 3.63) is 64.9 Å². The number of amides is 1. The molecule has 0 spiro atoms. The first-order chi connectivity index (χ1) is 12.2. The Bertz CT molecular complexity index is 692. The van der Waals surface area contributed by atoms with E-state index in [9.17, 15) is 4.79 Å². The molecular weight excluding hydrogens is 334 g/mol. The van der Waals surface area contributed by atoms with Gasteiger partial charge < -0.3 is 10.2 Å². The van der Waals surface area contributed by atoms with E-state index in [0.29, 0.717) is 12.5 Å². The first-order valence-electron chi connectivity index (χ1n) is 8.86. The van der Waals surface area contributed by atoms with E-state index in [0.717, 1.165) is 43.9 Å². The van der Waals surface area contributed by atoms with Crippen LogP contribution in [0, 0.1) is 0 Å². The minimum Gasteiger partial charge on any atom is -0.339 e. The summed E-state index contributed by atoms with van der Waals surface area (Å²) in [5.41, 5.74) is 2.36. The molecule has 1 saturated heterocycles. The lowest BCUT2D eigenvalue weighted by Crippen LogP contribution is -2.36. The SMILES string of the molecule is O=C1CC[C@H](CCNCc2cccnc2)N1CCc1cccc(Cl)c1. The van der Waals surface area contributed by atoms with Gasteiger partial charge in [0, 0.05) is 43.0 Å². The van der Waals surface area contributed by atoms with Gasteiger partial charge in [0.25, 0.3) is 0 Å². The largest absolute Gasteiger partial charge is 0.339 e. The Kier molecular flexibility index (Phi) is 6.42. The summed E-state index contributed by atoms with van der Waals surface area (Å²) in [5, 5.41) is 4.20. The number of carbonyl (C=O) groups is 1. The number of nitrogens with one attached hydrogen (secondary N) is 1. The van der Waals surface area contributed by atoms with Gasteiger partial charge in [-0.3, -0.25) is 9.78 Å². The summed E-state index contributed by atoms with van der Waals surface area (Å²) in [6.07, 6.45) is 7.13. The highest BCUT2D eigenvalue weighted by molar-refractivity contribution is 6.30. The van der Waals surface area contributed by atoms with E-state index >= 15 is 0 Å². The van der Waals surface area contributed by atoms with Crippen molar-refractivity contribution in [2.75, 3.05) is 13.1 Å². The fourth-order valence-corrected chi connectivity index (χ4v) is 3.56. The Morgan fingerprint density at radius 1 is 1.24 bits per heavy atom. The van der Waals surface area contributed by atoms with Crippen LogP contribution in [-0.4, -0.2) is 34.9 Å². The highest BCUT2D eigenvalue weighted by atomic mass is 35.5. The van der Waals surface area contributed by atoms with Crippen LogP contribution in [0.15, 0.2) is 48.8 Å². The van der Waals surface area contributed by atoms with Crippen LogP contribution >= 0.6 is 11.6 Å². The fraction of sp³-hybridized carbons (Fsp3) is 0.400. The van der Waals surface area contributed by atoms with E-state index in [-0.39, 0.29) is 5.91 Å². The van der Waals surface area contributed by atoms with Gasteiger partial charge in [0.1, 0.15) is 0 Å². The molecule has 1 atom stereocenters. The average Bonchev–Trinajstić information content (AvgIpc) is 2.98. The number of hydrogen-bond donors (Lipinski definition) is 1. The number of benzene rings is 1. The van der Waals surface area contributed by atoms with E-state index in [4.69, 9.17) is 11.6 Å². The van der Waals surface area contributed by atoms with E-state index < -0.39 is 0 Å². The molecular formula is C20H24ClN3O. The second-order valence-electron chi connectivity index (χ2n) is 6.49. The molecule has 4 nitrogen and oxygen atoms in total. The third-order valence-corrected chi connectivity index (χ3v) is 4.92. The minimum absolute atomic E-state index is 0.277. The molecule has 0 unspecified atom stereocenters. The number of hydrogen-bond acceptors (Lipinski definition) is 3. The van der Waals surface area contributed by atoms with E-state index in [1.807, 2.05) is 35.4 Å². The summed E-state index contributed by atoms with van der Waals surface area (Å²) in [6.45, 7) is 2.49. The van der Waals surface area contributed by atoms with Crippen molar-refractivity contribution >= 4 is 17.5 Å². The van der Waals surface area contributed by atoms with Crippen LogP contribution in [0.4, 0.5) is 0 Å². The molecule has 1 fully saturated rings. The van der Waals surface area contributed by atoms with Gasteiger partial charge in [0.2, 0.25) is 5.91 Å². The molecule has 1 amide bonds. The van der Waals surface area contributed by atoms with Crippen molar-refractivity contribution in [1.82, 2.24) is 15.2 Å². The number of halogens is 1. The predicted octanol–water partition coefficient (Wildman–Crippen LogP) is 3.45. The molecule has 0 aliphatic carbocycles. The minimum atomic E-state index is 0.277. The van der Waals surface area contributed by atoms with Crippen LogP contribution in [0.3, 0.4) is 0 Å². The van der Waals surface area contributed by atoms with E-state index in [1.54, 1.807) is 6.20 Å². The van der Waals surface area contributed by atoms with Crippen LogP contribution in [0.1, 0.15) is 30.4 Å². The topological polar surface area (TPSA) is 45.2 Å². The van der Waals surface area contributed by atoms with Crippen molar-refractivity contribution in [1.29, 1.82) is 0 Å². The first-order valence-corrected chi connectivity index (χ1v) is 9.24. The normalized spacial score (nSPS) is 17.2. The van der Waals surface area contributed by atoms with Crippen molar-refractivity contribution in [3.63, 3.8) is 0 Å². The van der Waals surface area contributed by atoms with Crippen LogP contribution in [0.5, 0.6) is 0 Å². The average molecular weight is 358 g/mol. The summed E-state index contributed by atoms with van der Waals surface area (Å²) < 4.78 is 0. The summed E-state index contributed by atoms with van der Waals surface area (Å²) in [4.78, 5) is 18.4. The molecule has 1 aliphatic rings. The number of rotatable bonds is 8. The van der Waals surface area contributed by atoms with Gasteiger partial charge in [-0.05, 0) is 55.1 Å². The third-order valence-electron chi connectivity index (χ3n) is 4.69. The van der Waals surface area contributed by atoms with Gasteiger partial charge in [0.15, 0.2) is 0 Å². The molecule has 2 heterocycles. The number of aromatic nitrogens is 1. The number of nitrogens with zero attached hydrogens (tertiary/aromatic N) is 2. The molecule has 1 aromatic carbocycles. The Balaban J connectivity index is 1.44. The van der Waals surface area contributed by atoms with Crippen LogP contribution < -0.4 is 5.32 Å². The predicted molar refractivity (Wildman–Crippen MR) is 100 cm³/mol. The fourth-order valence-electron chi connectivity index (χ4n) is 3.35. The second kappa shape index (κ2) is 8.97. The maximum Gasteiger partial charge on any atom is 0.222 e. The standard InChI is InChI=1S/C20H24ClN3O/c21-18-5-1-3-16(13-18)9-12-24-19(6-7-20(24)25)8-11-23-15-17-4-2-10-22-14-17/h1-5,10,13-14,19,23H,6-9,11-12,15H2/t19-/m1/s1. The molecule has 1 aliphatic heterocycles. The van der Waals surface area contributed by atoms with E-state index in [2.05, 4.69) is 22.4 Å². The lowest BCUT2D eigenvalue weighted by Gasteiger charge is -2.25. The smallest absolute Gasteiger partial charge is 0.222 e. The maximum absolute atomic E-state index is 12.2. The Labute approximate surface area is 154 Å². The van der Waals surface area contributed by atoms with Gasteiger partial charge in [0.05, 0.1) is 0 Å². The lowest BCUT2D eigenvalue weighted by molar-refractivity contribution is -0.129. The molecule has 0 saturated carbocycles. The van der Waals surface area contributed by atoms with Crippen molar-refractivity contribution < 1.29 is 4.79 Å². The number of likely N-dealkylation sites (tertiary alicyclic amines) is 1. The molecule has 0 radical (unpaired) electrons. The van der Waals surface area contributed by atoms with Crippen molar-refractivity contribution in [3.8, 4) is 0 Å². The molecule has 2 aromatic rings. The van der Waals surface area contributed by atoms with Gasteiger partial charge in [-0.25, -0.2) is 0 Å². The Hall–Kier alpha value is -1.91. The first kappa shape index (κ1) is 17.9. The Morgan fingerprint density at radius 2 is 2.12 bits per heavy atom. The highest BCUT2D eigenvalue weighted by Gasteiger charge is 2.29. The molecule has 1 N–H and O–H groups in total. The zero-order valence-corrected chi connectivity index (χ0v) is 15.1. The third kappa shape index (κ3) is 5.28. The molecule has 0 bridgehead atoms. The molecule has 1 aromatic heterocycles. The maximum atomic E-state index is 12.2. The zero-order chi connectivity index (χ0) is 17.5. The number of carbonyl (C=O) groups excluding carboxylic acids is 1. The van der Waals surface area contributed by atoms with Gasteiger partial charge in [-0.15, -0.1) is 0 Å². The summed E-state index contributed by atoms with van der Waals surface area (Å²) in [6, 6.07) is 12.2. The van der Waals surface area contributed by atoms with Crippen molar-refractivity contribution in [2.45, 2.75) is 38.3 Å². The molecule has 132 valence electrons. The quantitative estimate of drug-likeness (QED) is 0.736. The number of pyridine rings is 1. The molecule has 3 rings (SSSR count). The van der Waals surface area contributed by atoms with Gasteiger partial charge in [-0.1, -0.05) is 29.8 Å². The van der Waals surface area contributed by atoms with Crippen LogP contribution in [0.25, 0.3) is 0 Å².